The highest BCUT2D eigenvalue weighted by Gasteiger charge is 2.15. The average molecular weight is 428 g/mol. The lowest BCUT2D eigenvalue weighted by Crippen LogP contribution is -2.28. The minimum Gasteiger partial charge on any atom is -0.493 e. The predicted molar refractivity (Wildman–Crippen MR) is 122 cm³/mol. The standard InChI is InChI=1S/C23H33N5O3/c1-29-20-6-5-19(17-21(20)31-14-4-13-28-11-2-3-12-28)26-23-24-10-7-22(27-23)25-18-8-15-30-16-9-18/h5-7,10,17-18H,2-4,8-9,11-16H2,1H3,(H2,24,25,26,27). The van der Waals surface area contributed by atoms with E-state index in [0.717, 1.165) is 62.0 Å². The lowest BCUT2D eigenvalue weighted by atomic mass is 10.1. The highest BCUT2D eigenvalue weighted by atomic mass is 16.5. The molecule has 2 saturated heterocycles. The highest BCUT2D eigenvalue weighted by molar-refractivity contribution is 5.60. The first-order valence-electron chi connectivity index (χ1n) is 11.3. The first-order valence-corrected chi connectivity index (χ1v) is 11.3. The van der Waals surface area contributed by atoms with Gasteiger partial charge in [-0.3, -0.25) is 0 Å². The molecule has 168 valence electrons. The molecule has 2 aromatic rings. The van der Waals surface area contributed by atoms with Gasteiger partial charge in [0.2, 0.25) is 5.95 Å². The maximum atomic E-state index is 6.03. The zero-order chi connectivity index (χ0) is 21.3. The van der Waals surface area contributed by atoms with Crippen LogP contribution in [0.3, 0.4) is 0 Å². The van der Waals surface area contributed by atoms with E-state index in [1.165, 1.54) is 25.9 Å². The first-order chi connectivity index (χ1) is 15.3. The number of anilines is 3. The monoisotopic (exact) mass is 427 g/mol. The molecule has 2 aliphatic heterocycles. The van der Waals surface area contributed by atoms with Gasteiger partial charge < -0.3 is 29.7 Å². The first kappa shape index (κ1) is 21.6. The van der Waals surface area contributed by atoms with Crippen LogP contribution in [-0.2, 0) is 4.74 Å². The van der Waals surface area contributed by atoms with E-state index in [-0.39, 0.29) is 0 Å². The largest absolute Gasteiger partial charge is 0.493 e. The topological polar surface area (TPSA) is 80.8 Å². The molecule has 0 bridgehead atoms. The van der Waals surface area contributed by atoms with Crippen molar-refractivity contribution >= 4 is 17.5 Å². The van der Waals surface area contributed by atoms with Gasteiger partial charge >= 0.3 is 0 Å². The summed E-state index contributed by atoms with van der Waals surface area (Å²) in [5.74, 6) is 2.81. The lowest BCUT2D eigenvalue weighted by molar-refractivity contribution is 0.0904. The second kappa shape index (κ2) is 11.2. The van der Waals surface area contributed by atoms with Crippen LogP contribution in [-0.4, -0.2) is 67.5 Å². The van der Waals surface area contributed by atoms with Gasteiger partial charge in [-0.25, -0.2) is 4.98 Å². The molecule has 0 amide bonds. The summed E-state index contributed by atoms with van der Waals surface area (Å²) in [5, 5.41) is 6.75. The van der Waals surface area contributed by atoms with Crippen LogP contribution < -0.4 is 20.1 Å². The Morgan fingerprint density at radius 3 is 2.77 bits per heavy atom. The maximum Gasteiger partial charge on any atom is 0.229 e. The van der Waals surface area contributed by atoms with E-state index in [9.17, 15) is 0 Å². The molecule has 0 spiro atoms. The van der Waals surface area contributed by atoms with Crippen molar-refractivity contribution in [1.82, 2.24) is 14.9 Å². The van der Waals surface area contributed by atoms with Crippen LogP contribution in [0.25, 0.3) is 0 Å². The predicted octanol–water partition coefficient (Wildman–Crippen LogP) is 3.68. The number of hydrogen-bond donors (Lipinski definition) is 2. The van der Waals surface area contributed by atoms with Crippen LogP contribution >= 0.6 is 0 Å². The van der Waals surface area contributed by atoms with E-state index < -0.39 is 0 Å². The molecule has 0 aliphatic carbocycles. The lowest BCUT2D eigenvalue weighted by Gasteiger charge is -2.23. The SMILES string of the molecule is COc1ccc(Nc2nccc(NC3CCOCC3)n2)cc1OCCCN1CCCC1. The highest BCUT2D eigenvalue weighted by Crippen LogP contribution is 2.31. The molecule has 2 fully saturated rings. The number of benzene rings is 1. The van der Waals surface area contributed by atoms with E-state index >= 15 is 0 Å². The van der Waals surface area contributed by atoms with E-state index in [4.69, 9.17) is 14.2 Å². The van der Waals surface area contributed by atoms with Crippen LogP contribution in [0.15, 0.2) is 30.5 Å². The molecular weight excluding hydrogens is 394 g/mol. The number of nitrogens with one attached hydrogen (secondary N) is 2. The van der Waals surface area contributed by atoms with Crippen LogP contribution in [0.5, 0.6) is 11.5 Å². The van der Waals surface area contributed by atoms with Gasteiger partial charge in [-0.2, -0.15) is 4.98 Å². The molecule has 1 aromatic carbocycles. The van der Waals surface area contributed by atoms with Gasteiger partial charge in [0.05, 0.1) is 13.7 Å². The summed E-state index contributed by atoms with van der Waals surface area (Å²) >= 11 is 0. The minimum absolute atomic E-state index is 0.387. The molecule has 1 aromatic heterocycles. The van der Waals surface area contributed by atoms with E-state index in [1.54, 1.807) is 13.3 Å². The van der Waals surface area contributed by atoms with Crippen LogP contribution in [0.4, 0.5) is 17.5 Å². The number of aromatic nitrogens is 2. The molecule has 31 heavy (non-hydrogen) atoms. The fourth-order valence-electron chi connectivity index (χ4n) is 4.02. The Morgan fingerprint density at radius 1 is 1.13 bits per heavy atom. The van der Waals surface area contributed by atoms with Crippen molar-refractivity contribution in [3.63, 3.8) is 0 Å². The number of likely N-dealkylation sites (tertiary alicyclic amines) is 1. The van der Waals surface area contributed by atoms with Crippen molar-refractivity contribution in [2.45, 2.75) is 38.1 Å². The summed E-state index contributed by atoms with van der Waals surface area (Å²) < 4.78 is 16.9. The molecular formula is C23H33N5O3. The molecule has 0 radical (unpaired) electrons. The van der Waals surface area contributed by atoms with Gasteiger partial charge in [0.1, 0.15) is 5.82 Å². The molecule has 4 rings (SSSR count). The third-order valence-corrected chi connectivity index (χ3v) is 5.72. The van der Waals surface area contributed by atoms with Gasteiger partial charge in [0.15, 0.2) is 11.5 Å². The molecule has 0 atom stereocenters. The minimum atomic E-state index is 0.387. The van der Waals surface area contributed by atoms with Crippen LogP contribution in [0.1, 0.15) is 32.1 Å². The van der Waals surface area contributed by atoms with Gasteiger partial charge in [-0.1, -0.05) is 0 Å². The summed E-state index contributed by atoms with van der Waals surface area (Å²) in [6.07, 6.45) is 7.38. The number of nitrogens with zero attached hydrogens (tertiary/aromatic N) is 3. The Kier molecular flexibility index (Phi) is 7.79. The Labute approximate surface area is 184 Å². The number of ether oxygens (including phenoxy) is 3. The second-order valence-electron chi connectivity index (χ2n) is 8.04. The zero-order valence-corrected chi connectivity index (χ0v) is 18.3. The maximum absolute atomic E-state index is 6.03. The summed E-state index contributed by atoms with van der Waals surface area (Å²) in [4.78, 5) is 11.5. The van der Waals surface area contributed by atoms with Crippen molar-refractivity contribution in [2.75, 3.05) is 57.2 Å². The van der Waals surface area contributed by atoms with Crippen molar-refractivity contribution in [2.24, 2.45) is 0 Å². The molecule has 2 aliphatic rings. The second-order valence-corrected chi connectivity index (χ2v) is 8.04. The van der Waals surface area contributed by atoms with Crippen molar-refractivity contribution in [3.05, 3.63) is 30.5 Å². The molecule has 8 nitrogen and oxygen atoms in total. The van der Waals surface area contributed by atoms with E-state index in [2.05, 4.69) is 25.5 Å². The van der Waals surface area contributed by atoms with Gasteiger partial charge in [-0.15, -0.1) is 0 Å². The quantitative estimate of drug-likeness (QED) is 0.556. The summed E-state index contributed by atoms with van der Waals surface area (Å²) in [7, 11) is 1.66. The summed E-state index contributed by atoms with van der Waals surface area (Å²) in [6.45, 7) is 5.76. The van der Waals surface area contributed by atoms with Crippen molar-refractivity contribution in [3.8, 4) is 11.5 Å². The molecule has 0 saturated carbocycles. The Balaban J connectivity index is 1.34. The smallest absolute Gasteiger partial charge is 0.229 e. The number of rotatable bonds is 10. The Bertz CT molecular complexity index is 823. The molecule has 2 N–H and O–H groups in total. The molecule has 0 unspecified atom stereocenters. The van der Waals surface area contributed by atoms with Crippen molar-refractivity contribution in [1.29, 1.82) is 0 Å². The van der Waals surface area contributed by atoms with Crippen molar-refractivity contribution < 1.29 is 14.2 Å². The van der Waals surface area contributed by atoms with Gasteiger partial charge in [-0.05, 0) is 63.4 Å². The van der Waals surface area contributed by atoms with Gasteiger partial charge in [0.25, 0.3) is 0 Å². The number of hydrogen-bond acceptors (Lipinski definition) is 8. The summed E-state index contributed by atoms with van der Waals surface area (Å²) in [5.41, 5.74) is 0.860. The number of methoxy groups -OCH3 is 1. The normalized spacial score (nSPS) is 17.5. The fraction of sp³-hybridized carbons (Fsp3) is 0.565. The van der Waals surface area contributed by atoms with Crippen LogP contribution in [0.2, 0.25) is 0 Å². The third kappa shape index (κ3) is 6.45. The zero-order valence-electron chi connectivity index (χ0n) is 18.3. The third-order valence-electron chi connectivity index (χ3n) is 5.72. The Hall–Kier alpha value is -2.58. The van der Waals surface area contributed by atoms with Gasteiger partial charge in [0, 0.05) is 43.8 Å². The Morgan fingerprint density at radius 2 is 1.97 bits per heavy atom. The average Bonchev–Trinajstić information content (AvgIpc) is 3.31. The van der Waals surface area contributed by atoms with Crippen LogP contribution in [0, 0.1) is 0 Å². The molecule has 3 heterocycles. The molecule has 8 heteroatoms. The van der Waals surface area contributed by atoms with E-state index in [1.807, 2.05) is 24.3 Å². The fourth-order valence-corrected chi connectivity index (χ4v) is 4.02. The summed E-state index contributed by atoms with van der Waals surface area (Å²) in [6, 6.07) is 8.07. The van der Waals surface area contributed by atoms with E-state index in [0.29, 0.717) is 18.6 Å².